The molecule has 1 aromatic heterocycles. The van der Waals surface area contributed by atoms with Crippen molar-refractivity contribution in [2.45, 2.75) is 6.42 Å². The lowest BCUT2D eigenvalue weighted by molar-refractivity contribution is -0.116. The van der Waals surface area contributed by atoms with Crippen LogP contribution in [0.15, 0.2) is 24.3 Å². The lowest BCUT2D eigenvalue weighted by atomic mass is 10.1. The molecule has 0 saturated carbocycles. The van der Waals surface area contributed by atoms with Crippen LogP contribution in [0.4, 0.5) is 0 Å². The van der Waals surface area contributed by atoms with Crippen LogP contribution in [0, 0.1) is 0 Å². The van der Waals surface area contributed by atoms with Crippen LogP contribution in [0.1, 0.15) is 15.2 Å². The second kappa shape index (κ2) is 8.37. The number of Topliss-reactive ketones (excluding diaryl/α,β-unsaturated/α-hetero) is 1. The van der Waals surface area contributed by atoms with Gasteiger partial charge in [-0.3, -0.25) is 9.59 Å². The molecule has 0 radical (unpaired) electrons. The largest absolute Gasteiger partial charge is 0.493 e. The highest BCUT2D eigenvalue weighted by atomic mass is 35.5. The highest BCUT2D eigenvalue weighted by molar-refractivity contribution is 7.19. The van der Waals surface area contributed by atoms with Gasteiger partial charge >= 0.3 is 0 Å². The first kappa shape index (κ1) is 18.6. The van der Waals surface area contributed by atoms with Crippen molar-refractivity contribution in [1.29, 1.82) is 0 Å². The van der Waals surface area contributed by atoms with Crippen LogP contribution >= 0.6 is 34.5 Å². The molecule has 0 saturated heterocycles. The Bertz CT molecular complexity index is 761. The SMILES string of the molecule is COc1ccc(CCNC(=O)C(=O)c2sc(Cl)cc2Cl)cc1OC. The summed E-state index contributed by atoms with van der Waals surface area (Å²) in [6.07, 6.45) is 0.540. The summed E-state index contributed by atoms with van der Waals surface area (Å²) in [6, 6.07) is 6.92. The minimum Gasteiger partial charge on any atom is -0.493 e. The lowest BCUT2D eigenvalue weighted by Crippen LogP contribution is -2.32. The molecule has 0 aliphatic heterocycles. The Hall–Kier alpha value is -1.76. The van der Waals surface area contributed by atoms with Crippen molar-refractivity contribution >= 4 is 46.2 Å². The summed E-state index contributed by atoms with van der Waals surface area (Å²) in [5.41, 5.74) is 0.942. The van der Waals surface area contributed by atoms with Crippen LogP contribution < -0.4 is 14.8 Å². The van der Waals surface area contributed by atoms with Gasteiger partial charge in [0.15, 0.2) is 11.5 Å². The third kappa shape index (κ3) is 4.41. The Kier molecular flexibility index (Phi) is 6.48. The molecule has 2 rings (SSSR count). The van der Waals surface area contributed by atoms with Crippen LogP contribution in [0.5, 0.6) is 11.5 Å². The third-order valence-corrected chi connectivity index (χ3v) is 4.89. The molecule has 0 unspecified atom stereocenters. The zero-order chi connectivity index (χ0) is 17.7. The minimum absolute atomic E-state index is 0.144. The quantitative estimate of drug-likeness (QED) is 0.581. The molecular formula is C16H15Cl2NO4S. The molecule has 2 aromatic rings. The standard InChI is InChI=1S/C16H15Cl2NO4S/c1-22-11-4-3-9(7-12(11)23-2)5-6-19-16(21)14(20)15-10(17)8-13(18)24-15/h3-4,7-8H,5-6H2,1-2H3,(H,19,21). The van der Waals surface area contributed by atoms with Crippen molar-refractivity contribution in [2.24, 2.45) is 0 Å². The molecule has 1 N–H and O–H groups in total. The van der Waals surface area contributed by atoms with E-state index >= 15 is 0 Å². The van der Waals surface area contributed by atoms with Crippen LogP contribution in [-0.2, 0) is 11.2 Å². The fourth-order valence-electron chi connectivity index (χ4n) is 2.04. The van der Waals surface area contributed by atoms with Crippen molar-refractivity contribution in [3.8, 4) is 11.5 Å². The Labute approximate surface area is 153 Å². The number of benzene rings is 1. The first-order valence-corrected chi connectivity index (χ1v) is 8.51. The Morgan fingerprint density at radius 2 is 1.83 bits per heavy atom. The molecule has 24 heavy (non-hydrogen) atoms. The van der Waals surface area contributed by atoms with Crippen LogP contribution in [0.25, 0.3) is 0 Å². The molecule has 0 fully saturated rings. The smallest absolute Gasteiger partial charge is 0.293 e. The molecule has 1 heterocycles. The number of nitrogens with one attached hydrogen (secondary N) is 1. The first-order chi connectivity index (χ1) is 11.5. The maximum Gasteiger partial charge on any atom is 0.293 e. The molecule has 0 aliphatic carbocycles. The zero-order valence-electron chi connectivity index (χ0n) is 13.0. The number of ketones is 1. The number of amides is 1. The van der Waals surface area contributed by atoms with E-state index in [1.165, 1.54) is 6.07 Å². The van der Waals surface area contributed by atoms with Gasteiger partial charge in [-0.15, -0.1) is 11.3 Å². The molecule has 0 aliphatic rings. The minimum atomic E-state index is -0.712. The van der Waals surface area contributed by atoms with Gasteiger partial charge in [0.2, 0.25) is 0 Å². The second-order valence-electron chi connectivity index (χ2n) is 4.75. The number of halogens is 2. The van der Waals surface area contributed by atoms with E-state index in [4.69, 9.17) is 32.7 Å². The number of carbonyl (C=O) groups excluding carboxylic acids is 2. The number of thiophene rings is 1. The van der Waals surface area contributed by atoms with E-state index in [-0.39, 0.29) is 9.90 Å². The zero-order valence-corrected chi connectivity index (χ0v) is 15.3. The van der Waals surface area contributed by atoms with E-state index in [9.17, 15) is 9.59 Å². The van der Waals surface area contributed by atoms with Crippen LogP contribution in [-0.4, -0.2) is 32.5 Å². The summed E-state index contributed by atoms with van der Waals surface area (Å²) in [4.78, 5) is 24.1. The van der Waals surface area contributed by atoms with Gasteiger partial charge < -0.3 is 14.8 Å². The molecule has 8 heteroatoms. The van der Waals surface area contributed by atoms with E-state index in [0.717, 1.165) is 16.9 Å². The summed E-state index contributed by atoms with van der Waals surface area (Å²) in [5.74, 6) is -0.165. The van der Waals surface area contributed by atoms with Gasteiger partial charge in [-0.2, -0.15) is 0 Å². The van der Waals surface area contributed by atoms with Crippen molar-refractivity contribution < 1.29 is 19.1 Å². The third-order valence-electron chi connectivity index (χ3n) is 3.22. The van der Waals surface area contributed by atoms with E-state index in [1.807, 2.05) is 12.1 Å². The summed E-state index contributed by atoms with van der Waals surface area (Å²) in [6.45, 7) is 0.302. The number of rotatable bonds is 7. The number of hydrogen-bond acceptors (Lipinski definition) is 5. The number of ether oxygens (including phenoxy) is 2. The van der Waals surface area contributed by atoms with Crippen LogP contribution in [0.2, 0.25) is 9.36 Å². The van der Waals surface area contributed by atoms with Gasteiger partial charge in [-0.1, -0.05) is 29.3 Å². The van der Waals surface area contributed by atoms with Crippen molar-refractivity contribution in [1.82, 2.24) is 5.32 Å². The topological polar surface area (TPSA) is 64.6 Å². The lowest BCUT2D eigenvalue weighted by Gasteiger charge is -2.10. The number of methoxy groups -OCH3 is 2. The van der Waals surface area contributed by atoms with Gasteiger partial charge in [-0.25, -0.2) is 0 Å². The molecule has 0 spiro atoms. The van der Waals surface area contributed by atoms with Crippen molar-refractivity contribution in [2.75, 3.05) is 20.8 Å². The van der Waals surface area contributed by atoms with E-state index in [0.29, 0.717) is 28.8 Å². The maximum atomic E-state index is 12.0. The second-order valence-corrected chi connectivity index (χ2v) is 6.84. The highest BCUT2D eigenvalue weighted by Crippen LogP contribution is 2.31. The average molecular weight is 388 g/mol. The van der Waals surface area contributed by atoms with Gasteiger partial charge in [-0.05, 0) is 30.2 Å². The van der Waals surface area contributed by atoms with Crippen LogP contribution in [0.3, 0.4) is 0 Å². The molecule has 5 nitrogen and oxygen atoms in total. The Morgan fingerprint density at radius 1 is 1.12 bits per heavy atom. The van der Waals surface area contributed by atoms with E-state index in [2.05, 4.69) is 5.32 Å². The summed E-state index contributed by atoms with van der Waals surface area (Å²) >= 11 is 12.6. The predicted octanol–water partition coefficient (Wildman–Crippen LogP) is 3.61. The summed E-state index contributed by atoms with van der Waals surface area (Å²) in [5, 5.41) is 2.76. The summed E-state index contributed by atoms with van der Waals surface area (Å²) in [7, 11) is 3.11. The monoisotopic (exact) mass is 387 g/mol. The van der Waals surface area contributed by atoms with Gasteiger partial charge in [0.05, 0.1) is 23.6 Å². The average Bonchev–Trinajstić information content (AvgIpc) is 2.92. The molecule has 1 amide bonds. The van der Waals surface area contributed by atoms with Gasteiger partial charge in [0.1, 0.15) is 4.88 Å². The number of carbonyl (C=O) groups is 2. The Morgan fingerprint density at radius 3 is 2.42 bits per heavy atom. The molecule has 1 aromatic carbocycles. The maximum absolute atomic E-state index is 12.0. The van der Waals surface area contributed by atoms with E-state index in [1.54, 1.807) is 20.3 Å². The fraction of sp³-hybridized carbons (Fsp3) is 0.250. The molecule has 0 bridgehead atoms. The van der Waals surface area contributed by atoms with Gasteiger partial charge in [0.25, 0.3) is 11.7 Å². The predicted molar refractivity (Wildman–Crippen MR) is 94.9 cm³/mol. The van der Waals surface area contributed by atoms with Crippen molar-refractivity contribution in [3.05, 3.63) is 44.1 Å². The van der Waals surface area contributed by atoms with E-state index < -0.39 is 11.7 Å². The fourth-order valence-corrected chi connectivity index (χ4v) is 3.52. The molecule has 128 valence electrons. The Balaban J connectivity index is 1.93. The molecule has 0 atom stereocenters. The van der Waals surface area contributed by atoms with Gasteiger partial charge in [0, 0.05) is 6.54 Å². The summed E-state index contributed by atoms with van der Waals surface area (Å²) < 4.78 is 10.8. The normalized spacial score (nSPS) is 10.3. The highest BCUT2D eigenvalue weighted by Gasteiger charge is 2.21. The molecular weight excluding hydrogens is 373 g/mol. The van der Waals surface area contributed by atoms with Crippen molar-refractivity contribution in [3.63, 3.8) is 0 Å². The number of hydrogen-bond donors (Lipinski definition) is 1. The first-order valence-electron chi connectivity index (χ1n) is 6.94.